The molecule has 8 nitrogen and oxygen atoms in total. The number of hydrogen-bond donors (Lipinski definition) is 2. The second kappa shape index (κ2) is 8.33. The topological polar surface area (TPSA) is 114 Å². The normalized spacial score (nSPS) is 10.6. The van der Waals surface area contributed by atoms with Gasteiger partial charge >= 0.3 is 11.8 Å². The highest BCUT2D eigenvalue weighted by molar-refractivity contribution is 7.21. The number of carbonyl (C=O) groups is 2. The number of thiazole rings is 1. The summed E-state index contributed by atoms with van der Waals surface area (Å²) in [6, 6.07) is 18.4. The van der Waals surface area contributed by atoms with Gasteiger partial charge in [0.15, 0.2) is 0 Å². The van der Waals surface area contributed by atoms with Gasteiger partial charge in [0, 0.05) is 29.1 Å². The van der Waals surface area contributed by atoms with Crippen molar-refractivity contribution in [3.63, 3.8) is 0 Å². The molecule has 0 radical (unpaired) electrons. The summed E-state index contributed by atoms with van der Waals surface area (Å²) < 4.78 is 1.11. The number of carbonyl (C=O) groups excluding carboxylic acids is 2. The lowest BCUT2D eigenvalue weighted by Gasteiger charge is -2.07. The van der Waals surface area contributed by atoms with Crippen LogP contribution in [0.2, 0.25) is 0 Å². The minimum atomic E-state index is -0.875. The predicted molar refractivity (Wildman–Crippen MR) is 120 cm³/mol. The van der Waals surface area contributed by atoms with Crippen LogP contribution >= 0.6 is 11.3 Å². The average Bonchev–Trinajstić information content (AvgIpc) is 3.17. The Morgan fingerprint density at radius 3 is 2.06 bits per heavy atom. The lowest BCUT2D eigenvalue weighted by Crippen LogP contribution is -2.29. The Hall–Kier alpha value is -4.11. The third kappa shape index (κ3) is 4.57. The molecule has 3 aromatic carbocycles. The first-order valence-corrected chi connectivity index (χ1v) is 10.0. The smallest absolute Gasteiger partial charge is 0.314 e. The number of nitro benzene ring substituents is 1. The summed E-state index contributed by atoms with van der Waals surface area (Å²) in [6.07, 6.45) is 0. The summed E-state index contributed by atoms with van der Waals surface area (Å²) in [5.74, 6) is -1.72. The Morgan fingerprint density at radius 1 is 0.903 bits per heavy atom. The summed E-state index contributed by atoms with van der Waals surface area (Å²) in [4.78, 5) is 39.0. The van der Waals surface area contributed by atoms with E-state index in [-0.39, 0.29) is 11.4 Å². The monoisotopic (exact) mass is 432 g/mol. The highest BCUT2D eigenvalue weighted by atomic mass is 32.1. The van der Waals surface area contributed by atoms with Crippen LogP contribution in [0.5, 0.6) is 0 Å². The fraction of sp³-hybridized carbons (Fsp3) is 0.0455. The number of nitro groups is 1. The Bertz CT molecular complexity index is 1300. The molecule has 0 saturated heterocycles. The molecule has 0 aliphatic carbocycles. The maximum atomic E-state index is 12.2. The highest BCUT2D eigenvalue weighted by Gasteiger charge is 2.15. The maximum Gasteiger partial charge on any atom is 0.314 e. The van der Waals surface area contributed by atoms with Crippen molar-refractivity contribution in [1.29, 1.82) is 0 Å². The third-order valence-corrected chi connectivity index (χ3v) is 5.54. The van der Waals surface area contributed by atoms with Crippen molar-refractivity contribution in [3.8, 4) is 10.6 Å². The average molecular weight is 432 g/mol. The highest BCUT2D eigenvalue weighted by Crippen LogP contribution is 2.31. The first kappa shape index (κ1) is 20.2. The van der Waals surface area contributed by atoms with Crippen molar-refractivity contribution in [3.05, 3.63) is 82.4 Å². The van der Waals surface area contributed by atoms with E-state index in [0.717, 1.165) is 20.8 Å². The standard InChI is InChI=1S/C22H16N4O4S/c1-13-2-11-18-19(12-13)31-22(25-18)14-3-5-15(6-4-14)23-20(27)21(28)24-16-7-9-17(10-8-16)26(29)30/h2-12H,1H3,(H,23,27)(H,24,28). The predicted octanol–water partition coefficient (Wildman–Crippen LogP) is 4.76. The number of fused-ring (bicyclic) bond motifs is 1. The molecule has 0 unspecified atom stereocenters. The molecule has 0 bridgehead atoms. The van der Waals surface area contributed by atoms with E-state index in [2.05, 4.69) is 21.7 Å². The molecule has 0 saturated carbocycles. The molecule has 1 aromatic heterocycles. The number of nitrogens with zero attached hydrogens (tertiary/aromatic N) is 2. The minimum absolute atomic E-state index is 0.106. The fourth-order valence-corrected chi connectivity index (χ4v) is 3.96. The van der Waals surface area contributed by atoms with E-state index >= 15 is 0 Å². The Labute approximate surface area is 180 Å². The molecule has 0 aliphatic heterocycles. The van der Waals surface area contributed by atoms with Gasteiger partial charge < -0.3 is 10.6 Å². The van der Waals surface area contributed by atoms with Gasteiger partial charge in [-0.15, -0.1) is 11.3 Å². The van der Waals surface area contributed by atoms with Crippen molar-refractivity contribution in [1.82, 2.24) is 4.98 Å². The zero-order chi connectivity index (χ0) is 22.0. The molecule has 154 valence electrons. The molecule has 0 spiro atoms. The van der Waals surface area contributed by atoms with Crippen molar-refractivity contribution < 1.29 is 14.5 Å². The summed E-state index contributed by atoms with van der Waals surface area (Å²) >= 11 is 1.59. The van der Waals surface area contributed by atoms with Crippen LogP contribution in [0.4, 0.5) is 17.1 Å². The molecule has 2 amide bonds. The molecular weight excluding hydrogens is 416 g/mol. The van der Waals surface area contributed by atoms with Crippen LogP contribution in [0.1, 0.15) is 5.56 Å². The zero-order valence-corrected chi connectivity index (χ0v) is 17.1. The number of non-ortho nitro benzene ring substituents is 1. The van der Waals surface area contributed by atoms with Crippen LogP contribution in [-0.2, 0) is 9.59 Å². The molecule has 9 heteroatoms. The summed E-state index contributed by atoms with van der Waals surface area (Å²) in [5, 5.41) is 16.5. The second-order valence-electron chi connectivity index (χ2n) is 6.78. The SMILES string of the molecule is Cc1ccc2nc(-c3ccc(NC(=O)C(=O)Nc4ccc([N+](=O)[O-])cc4)cc3)sc2c1. The largest absolute Gasteiger partial charge is 0.318 e. The second-order valence-corrected chi connectivity index (χ2v) is 7.81. The number of nitrogens with one attached hydrogen (secondary N) is 2. The van der Waals surface area contributed by atoms with E-state index in [1.54, 1.807) is 23.5 Å². The van der Waals surface area contributed by atoms with Crippen LogP contribution < -0.4 is 10.6 Å². The number of amides is 2. The van der Waals surface area contributed by atoms with Crippen molar-refractivity contribution in [2.45, 2.75) is 6.92 Å². The van der Waals surface area contributed by atoms with E-state index in [0.29, 0.717) is 5.69 Å². The van der Waals surface area contributed by atoms with Gasteiger partial charge in [-0.2, -0.15) is 0 Å². The molecule has 2 N–H and O–H groups in total. The molecule has 0 fully saturated rings. The summed E-state index contributed by atoms with van der Waals surface area (Å²) in [7, 11) is 0. The first-order valence-electron chi connectivity index (χ1n) is 9.23. The first-order chi connectivity index (χ1) is 14.9. The van der Waals surface area contributed by atoms with E-state index < -0.39 is 16.7 Å². The Kier molecular flexibility index (Phi) is 5.42. The Balaban J connectivity index is 1.41. The fourth-order valence-electron chi connectivity index (χ4n) is 2.89. The van der Waals surface area contributed by atoms with E-state index in [1.165, 1.54) is 29.8 Å². The van der Waals surface area contributed by atoms with Crippen LogP contribution in [0.15, 0.2) is 66.7 Å². The number of hydrogen-bond acceptors (Lipinski definition) is 6. The molecule has 0 atom stereocenters. The Morgan fingerprint density at radius 2 is 1.48 bits per heavy atom. The van der Waals surface area contributed by atoms with Gasteiger partial charge in [-0.25, -0.2) is 4.98 Å². The molecule has 4 rings (SSSR count). The number of benzene rings is 3. The van der Waals surface area contributed by atoms with Crippen LogP contribution in [0.3, 0.4) is 0 Å². The van der Waals surface area contributed by atoms with E-state index in [9.17, 15) is 19.7 Å². The van der Waals surface area contributed by atoms with Gasteiger partial charge in [0.2, 0.25) is 0 Å². The van der Waals surface area contributed by atoms with Gasteiger partial charge in [-0.1, -0.05) is 6.07 Å². The maximum absolute atomic E-state index is 12.2. The summed E-state index contributed by atoms with van der Waals surface area (Å²) in [6.45, 7) is 2.04. The van der Waals surface area contributed by atoms with Gasteiger partial charge in [-0.05, 0) is 61.0 Å². The lowest BCUT2D eigenvalue weighted by atomic mass is 10.2. The van der Waals surface area contributed by atoms with E-state index in [4.69, 9.17) is 0 Å². The third-order valence-electron chi connectivity index (χ3n) is 4.48. The molecular formula is C22H16N4O4S. The van der Waals surface area contributed by atoms with E-state index in [1.807, 2.05) is 31.2 Å². The van der Waals surface area contributed by atoms with Gasteiger partial charge in [0.05, 0.1) is 15.1 Å². The number of aryl methyl sites for hydroxylation is 1. The summed E-state index contributed by atoms with van der Waals surface area (Å²) in [5.41, 5.74) is 3.66. The zero-order valence-electron chi connectivity index (χ0n) is 16.3. The van der Waals surface area contributed by atoms with Gasteiger partial charge in [0.1, 0.15) is 5.01 Å². The van der Waals surface area contributed by atoms with Crippen molar-refractivity contribution >= 4 is 50.4 Å². The molecule has 0 aliphatic rings. The molecule has 4 aromatic rings. The van der Waals surface area contributed by atoms with Crippen LogP contribution in [-0.4, -0.2) is 21.7 Å². The lowest BCUT2D eigenvalue weighted by molar-refractivity contribution is -0.384. The number of aromatic nitrogens is 1. The van der Waals surface area contributed by atoms with Gasteiger partial charge in [-0.3, -0.25) is 19.7 Å². The number of rotatable bonds is 4. The van der Waals surface area contributed by atoms with Crippen molar-refractivity contribution in [2.75, 3.05) is 10.6 Å². The minimum Gasteiger partial charge on any atom is -0.318 e. The van der Waals surface area contributed by atoms with Crippen LogP contribution in [0, 0.1) is 17.0 Å². The van der Waals surface area contributed by atoms with Crippen molar-refractivity contribution in [2.24, 2.45) is 0 Å². The number of anilines is 2. The molecule has 31 heavy (non-hydrogen) atoms. The van der Waals surface area contributed by atoms with Crippen LogP contribution in [0.25, 0.3) is 20.8 Å². The quantitative estimate of drug-likeness (QED) is 0.274. The van der Waals surface area contributed by atoms with Gasteiger partial charge in [0.25, 0.3) is 5.69 Å². The molecule has 1 heterocycles.